The van der Waals surface area contributed by atoms with Crippen LogP contribution in [-0.4, -0.2) is 61.4 Å². The molecule has 0 unspecified atom stereocenters. The zero-order chi connectivity index (χ0) is 20.6. The number of piperazine rings is 1. The van der Waals surface area contributed by atoms with E-state index in [-0.39, 0.29) is 11.8 Å². The molecule has 0 aliphatic carbocycles. The summed E-state index contributed by atoms with van der Waals surface area (Å²) in [6, 6.07) is 14.3. The Bertz CT molecular complexity index is 845. The molecule has 2 aromatic rings. The number of benzene rings is 2. The van der Waals surface area contributed by atoms with Gasteiger partial charge in [0.05, 0.1) is 17.9 Å². The van der Waals surface area contributed by atoms with E-state index >= 15 is 0 Å². The van der Waals surface area contributed by atoms with E-state index in [9.17, 15) is 9.59 Å². The van der Waals surface area contributed by atoms with Crippen molar-refractivity contribution in [3.8, 4) is 5.75 Å². The van der Waals surface area contributed by atoms with Gasteiger partial charge in [0.1, 0.15) is 5.75 Å². The molecule has 3 rings (SSSR count). The number of likely N-dealkylation sites (N-methyl/N-ethyl adjacent to an activating group) is 1. The first kappa shape index (κ1) is 20.9. The average Bonchev–Trinajstić information content (AvgIpc) is 2.74. The van der Waals surface area contributed by atoms with Crippen LogP contribution in [-0.2, 0) is 0 Å². The van der Waals surface area contributed by atoms with Crippen LogP contribution in [0.5, 0.6) is 5.75 Å². The quantitative estimate of drug-likeness (QED) is 0.729. The number of nitrogens with zero attached hydrogens (tertiary/aromatic N) is 2. The Kier molecular flexibility index (Phi) is 7.25. The van der Waals surface area contributed by atoms with Crippen LogP contribution in [0.1, 0.15) is 40.5 Å². The average molecular weight is 396 g/mol. The third-order valence-electron chi connectivity index (χ3n) is 5.06. The molecule has 0 radical (unpaired) electrons. The number of para-hydroxylation sites is 1. The predicted molar refractivity (Wildman–Crippen MR) is 115 cm³/mol. The van der Waals surface area contributed by atoms with E-state index in [0.717, 1.165) is 25.9 Å². The minimum absolute atomic E-state index is 0.0503. The number of hydrogen-bond donors (Lipinski definition) is 1. The normalized spacial score (nSPS) is 14.5. The molecule has 29 heavy (non-hydrogen) atoms. The van der Waals surface area contributed by atoms with Crippen LogP contribution < -0.4 is 10.1 Å². The van der Waals surface area contributed by atoms with Gasteiger partial charge in [-0.15, -0.1) is 0 Å². The molecule has 1 saturated heterocycles. The Hall–Kier alpha value is -2.86. The van der Waals surface area contributed by atoms with E-state index in [1.165, 1.54) is 0 Å². The summed E-state index contributed by atoms with van der Waals surface area (Å²) >= 11 is 0. The second-order valence-corrected chi connectivity index (χ2v) is 7.33. The molecule has 1 aliphatic heterocycles. The number of anilines is 1. The number of hydrogen-bond acceptors (Lipinski definition) is 4. The van der Waals surface area contributed by atoms with Gasteiger partial charge < -0.3 is 19.9 Å². The van der Waals surface area contributed by atoms with Crippen LogP contribution in [0.3, 0.4) is 0 Å². The Morgan fingerprint density at radius 1 is 1.03 bits per heavy atom. The monoisotopic (exact) mass is 395 g/mol. The molecule has 0 aromatic heterocycles. The van der Waals surface area contributed by atoms with E-state index < -0.39 is 0 Å². The van der Waals surface area contributed by atoms with E-state index in [1.807, 2.05) is 23.1 Å². The van der Waals surface area contributed by atoms with Crippen molar-refractivity contribution < 1.29 is 14.3 Å². The van der Waals surface area contributed by atoms with E-state index in [1.54, 1.807) is 30.3 Å². The zero-order valence-corrected chi connectivity index (χ0v) is 17.2. The maximum absolute atomic E-state index is 13.0. The summed E-state index contributed by atoms with van der Waals surface area (Å²) < 4.78 is 5.69. The highest BCUT2D eigenvalue weighted by Gasteiger charge is 2.23. The van der Waals surface area contributed by atoms with Gasteiger partial charge >= 0.3 is 0 Å². The summed E-state index contributed by atoms with van der Waals surface area (Å²) in [6.07, 6.45) is 2.02. The lowest BCUT2D eigenvalue weighted by Crippen LogP contribution is -2.47. The molecule has 0 spiro atoms. The van der Waals surface area contributed by atoms with Crippen LogP contribution in [0.4, 0.5) is 5.69 Å². The second-order valence-electron chi connectivity index (χ2n) is 7.33. The molecule has 0 bridgehead atoms. The lowest BCUT2D eigenvalue weighted by molar-refractivity contribution is 0.0665. The van der Waals surface area contributed by atoms with Gasteiger partial charge in [0.2, 0.25) is 0 Å². The molecule has 1 aliphatic rings. The van der Waals surface area contributed by atoms with Gasteiger partial charge in [-0.25, -0.2) is 0 Å². The molecular formula is C23H29N3O3. The van der Waals surface area contributed by atoms with Crippen LogP contribution in [0.15, 0.2) is 48.5 Å². The molecule has 2 aromatic carbocycles. The predicted octanol–water partition coefficient (Wildman–Crippen LogP) is 3.51. The minimum Gasteiger partial charge on any atom is -0.494 e. The Balaban J connectivity index is 1.71. The van der Waals surface area contributed by atoms with Crippen LogP contribution in [0, 0.1) is 0 Å². The van der Waals surface area contributed by atoms with Crippen molar-refractivity contribution in [1.29, 1.82) is 0 Å². The van der Waals surface area contributed by atoms with Crippen molar-refractivity contribution in [2.45, 2.75) is 19.8 Å². The molecule has 0 saturated carbocycles. The SMILES string of the molecule is CCCCOc1cccc(C(=O)Nc2ccccc2C(=O)N2CCN(C)CC2)c1. The number of carbonyl (C=O) groups excluding carboxylic acids is 2. The summed E-state index contributed by atoms with van der Waals surface area (Å²) in [5.74, 6) is 0.364. The molecule has 6 heteroatoms. The van der Waals surface area contributed by atoms with Gasteiger partial charge in [-0.1, -0.05) is 31.5 Å². The smallest absolute Gasteiger partial charge is 0.256 e. The molecule has 2 amide bonds. The summed E-state index contributed by atoms with van der Waals surface area (Å²) in [5.41, 5.74) is 1.54. The largest absolute Gasteiger partial charge is 0.494 e. The van der Waals surface area contributed by atoms with Crippen molar-refractivity contribution in [2.24, 2.45) is 0 Å². The highest BCUT2D eigenvalue weighted by atomic mass is 16.5. The van der Waals surface area contributed by atoms with Gasteiger partial charge in [-0.2, -0.15) is 0 Å². The van der Waals surface area contributed by atoms with Gasteiger partial charge in [-0.3, -0.25) is 9.59 Å². The summed E-state index contributed by atoms with van der Waals surface area (Å²) in [4.78, 5) is 29.8. The fraction of sp³-hybridized carbons (Fsp3) is 0.391. The number of amides is 2. The lowest BCUT2D eigenvalue weighted by atomic mass is 10.1. The highest BCUT2D eigenvalue weighted by molar-refractivity contribution is 6.09. The van der Waals surface area contributed by atoms with E-state index in [4.69, 9.17) is 4.74 Å². The van der Waals surface area contributed by atoms with E-state index in [0.29, 0.717) is 42.3 Å². The number of ether oxygens (including phenoxy) is 1. The minimum atomic E-state index is -0.260. The highest BCUT2D eigenvalue weighted by Crippen LogP contribution is 2.20. The van der Waals surface area contributed by atoms with Crippen LogP contribution in [0.25, 0.3) is 0 Å². The van der Waals surface area contributed by atoms with Gasteiger partial charge in [0.15, 0.2) is 0 Å². The summed E-state index contributed by atoms with van der Waals surface area (Å²) in [5, 5.41) is 2.90. The van der Waals surface area contributed by atoms with Gasteiger partial charge in [0, 0.05) is 31.7 Å². The molecule has 1 N–H and O–H groups in total. The van der Waals surface area contributed by atoms with Gasteiger partial charge in [0.25, 0.3) is 11.8 Å². The van der Waals surface area contributed by atoms with Gasteiger partial charge in [-0.05, 0) is 43.8 Å². The first-order valence-electron chi connectivity index (χ1n) is 10.2. The Labute approximate surface area is 172 Å². The topological polar surface area (TPSA) is 61.9 Å². The van der Waals surface area contributed by atoms with Crippen molar-refractivity contribution in [1.82, 2.24) is 9.80 Å². The number of nitrogens with one attached hydrogen (secondary N) is 1. The van der Waals surface area contributed by atoms with Crippen molar-refractivity contribution >= 4 is 17.5 Å². The Morgan fingerprint density at radius 3 is 2.55 bits per heavy atom. The molecular weight excluding hydrogens is 366 g/mol. The fourth-order valence-electron chi connectivity index (χ4n) is 3.21. The number of rotatable bonds is 7. The first-order valence-corrected chi connectivity index (χ1v) is 10.2. The third kappa shape index (κ3) is 5.57. The van der Waals surface area contributed by atoms with Crippen LogP contribution in [0.2, 0.25) is 0 Å². The Morgan fingerprint density at radius 2 is 1.79 bits per heavy atom. The molecule has 6 nitrogen and oxygen atoms in total. The van der Waals surface area contributed by atoms with Crippen LogP contribution >= 0.6 is 0 Å². The molecule has 1 fully saturated rings. The molecule has 1 heterocycles. The fourth-order valence-corrected chi connectivity index (χ4v) is 3.21. The summed E-state index contributed by atoms with van der Waals surface area (Å²) in [6.45, 7) is 5.82. The standard InChI is InChI=1S/C23H29N3O3/c1-3-4-16-29-19-9-7-8-18(17-19)22(27)24-21-11-6-5-10-20(21)23(28)26-14-12-25(2)13-15-26/h5-11,17H,3-4,12-16H2,1-2H3,(H,24,27). The third-order valence-corrected chi connectivity index (χ3v) is 5.06. The first-order chi connectivity index (χ1) is 14.1. The maximum Gasteiger partial charge on any atom is 0.256 e. The lowest BCUT2D eigenvalue weighted by Gasteiger charge is -2.32. The molecule has 154 valence electrons. The van der Waals surface area contributed by atoms with Crippen molar-refractivity contribution in [3.63, 3.8) is 0 Å². The van der Waals surface area contributed by atoms with Crippen molar-refractivity contribution in [3.05, 3.63) is 59.7 Å². The zero-order valence-electron chi connectivity index (χ0n) is 17.2. The summed E-state index contributed by atoms with van der Waals surface area (Å²) in [7, 11) is 2.05. The maximum atomic E-state index is 13.0. The molecule has 0 atom stereocenters. The second kappa shape index (κ2) is 10.1. The van der Waals surface area contributed by atoms with Crippen molar-refractivity contribution in [2.75, 3.05) is 45.2 Å². The van der Waals surface area contributed by atoms with E-state index in [2.05, 4.69) is 24.2 Å². The number of carbonyl (C=O) groups is 2. The number of unbranched alkanes of at least 4 members (excludes halogenated alkanes) is 1.